The van der Waals surface area contributed by atoms with Gasteiger partial charge in [0.25, 0.3) is 5.56 Å². The highest BCUT2D eigenvalue weighted by Gasteiger charge is 2.11. The fourth-order valence-electron chi connectivity index (χ4n) is 2.47. The SMILES string of the molecule is O=c1ccc(-c2ccco2)nn1CCCNS(=O)(=O)Cc1ccccc1. The Labute approximate surface area is 151 Å². The van der Waals surface area contributed by atoms with E-state index in [0.29, 0.717) is 24.4 Å². The Hall–Kier alpha value is -2.71. The Morgan fingerprint density at radius 3 is 2.58 bits per heavy atom. The number of sulfonamides is 1. The van der Waals surface area contributed by atoms with Crippen LogP contribution in [-0.4, -0.2) is 24.7 Å². The van der Waals surface area contributed by atoms with Crippen LogP contribution in [0.3, 0.4) is 0 Å². The van der Waals surface area contributed by atoms with Crippen LogP contribution in [0.4, 0.5) is 0 Å². The molecule has 0 amide bonds. The molecule has 3 aromatic rings. The van der Waals surface area contributed by atoms with Gasteiger partial charge in [-0.1, -0.05) is 30.3 Å². The van der Waals surface area contributed by atoms with Gasteiger partial charge in [0.15, 0.2) is 5.76 Å². The molecule has 0 aliphatic carbocycles. The molecule has 0 spiro atoms. The van der Waals surface area contributed by atoms with Crippen molar-refractivity contribution in [2.45, 2.75) is 18.7 Å². The smallest absolute Gasteiger partial charge is 0.266 e. The molecule has 7 nitrogen and oxygen atoms in total. The zero-order valence-electron chi connectivity index (χ0n) is 14.0. The second-order valence-corrected chi connectivity index (χ2v) is 7.56. The van der Waals surface area contributed by atoms with Gasteiger partial charge in [0.1, 0.15) is 5.69 Å². The fourth-order valence-corrected chi connectivity index (χ4v) is 3.65. The molecular formula is C18H19N3O4S. The number of rotatable bonds is 8. The van der Waals surface area contributed by atoms with E-state index < -0.39 is 10.0 Å². The molecule has 136 valence electrons. The van der Waals surface area contributed by atoms with E-state index in [1.165, 1.54) is 17.0 Å². The lowest BCUT2D eigenvalue weighted by Gasteiger charge is -2.08. The highest BCUT2D eigenvalue weighted by molar-refractivity contribution is 7.88. The average Bonchev–Trinajstić information content (AvgIpc) is 3.15. The Morgan fingerprint density at radius 1 is 1.04 bits per heavy atom. The molecule has 0 bridgehead atoms. The molecule has 2 aromatic heterocycles. The number of benzene rings is 1. The van der Waals surface area contributed by atoms with Crippen molar-refractivity contribution in [3.63, 3.8) is 0 Å². The van der Waals surface area contributed by atoms with Crippen molar-refractivity contribution in [3.05, 3.63) is 76.8 Å². The zero-order chi connectivity index (χ0) is 18.4. The van der Waals surface area contributed by atoms with Gasteiger partial charge in [-0.3, -0.25) is 4.79 Å². The monoisotopic (exact) mass is 373 g/mol. The van der Waals surface area contributed by atoms with E-state index in [-0.39, 0.29) is 17.9 Å². The van der Waals surface area contributed by atoms with Crippen LogP contribution in [0.2, 0.25) is 0 Å². The minimum atomic E-state index is -3.42. The van der Waals surface area contributed by atoms with Gasteiger partial charge in [-0.15, -0.1) is 0 Å². The minimum Gasteiger partial charge on any atom is -0.463 e. The summed E-state index contributed by atoms with van der Waals surface area (Å²) < 4.78 is 33.3. The normalized spacial score (nSPS) is 11.5. The molecule has 26 heavy (non-hydrogen) atoms. The maximum atomic E-state index is 12.1. The number of aromatic nitrogens is 2. The Bertz CT molecular complexity index is 996. The number of aryl methyl sites for hydroxylation is 1. The first kappa shape index (κ1) is 18.1. The van der Waals surface area contributed by atoms with Crippen LogP contribution >= 0.6 is 0 Å². The maximum absolute atomic E-state index is 12.1. The summed E-state index contributed by atoms with van der Waals surface area (Å²) in [5.41, 5.74) is 1.04. The number of nitrogens with one attached hydrogen (secondary N) is 1. The van der Waals surface area contributed by atoms with Crippen molar-refractivity contribution in [2.24, 2.45) is 0 Å². The van der Waals surface area contributed by atoms with Gasteiger partial charge in [-0.05, 0) is 30.2 Å². The van der Waals surface area contributed by atoms with Gasteiger partial charge in [-0.2, -0.15) is 5.10 Å². The molecular weight excluding hydrogens is 354 g/mol. The van der Waals surface area contributed by atoms with Gasteiger partial charge in [-0.25, -0.2) is 17.8 Å². The summed E-state index contributed by atoms with van der Waals surface area (Å²) in [7, 11) is -3.42. The summed E-state index contributed by atoms with van der Waals surface area (Å²) in [4.78, 5) is 11.9. The molecule has 1 N–H and O–H groups in total. The molecule has 0 fully saturated rings. The summed E-state index contributed by atoms with van der Waals surface area (Å²) in [6, 6.07) is 15.5. The van der Waals surface area contributed by atoms with Gasteiger partial charge in [0, 0.05) is 19.2 Å². The van der Waals surface area contributed by atoms with E-state index in [1.807, 2.05) is 6.07 Å². The van der Waals surface area contributed by atoms with Crippen LogP contribution in [-0.2, 0) is 22.3 Å². The second-order valence-electron chi connectivity index (χ2n) is 5.75. The van der Waals surface area contributed by atoms with E-state index in [2.05, 4.69) is 9.82 Å². The highest BCUT2D eigenvalue weighted by atomic mass is 32.2. The first-order valence-electron chi connectivity index (χ1n) is 8.17. The van der Waals surface area contributed by atoms with Crippen LogP contribution in [0, 0.1) is 0 Å². The van der Waals surface area contributed by atoms with Gasteiger partial charge in [0.05, 0.1) is 12.0 Å². The molecule has 1 aromatic carbocycles. The van der Waals surface area contributed by atoms with Crippen molar-refractivity contribution in [1.82, 2.24) is 14.5 Å². The number of nitrogens with zero attached hydrogens (tertiary/aromatic N) is 2. The van der Waals surface area contributed by atoms with E-state index in [4.69, 9.17) is 4.42 Å². The van der Waals surface area contributed by atoms with E-state index in [1.54, 1.807) is 42.5 Å². The molecule has 0 aliphatic heterocycles. The predicted molar refractivity (Wildman–Crippen MR) is 97.9 cm³/mol. The lowest BCUT2D eigenvalue weighted by Crippen LogP contribution is -2.29. The van der Waals surface area contributed by atoms with Gasteiger partial charge in [0.2, 0.25) is 10.0 Å². The van der Waals surface area contributed by atoms with Crippen molar-refractivity contribution in [1.29, 1.82) is 0 Å². The van der Waals surface area contributed by atoms with Crippen molar-refractivity contribution >= 4 is 10.0 Å². The molecule has 0 saturated carbocycles. The second kappa shape index (κ2) is 8.11. The topological polar surface area (TPSA) is 94.2 Å². The highest BCUT2D eigenvalue weighted by Crippen LogP contribution is 2.15. The van der Waals surface area contributed by atoms with Crippen molar-refractivity contribution in [3.8, 4) is 11.5 Å². The molecule has 0 aliphatic rings. The quantitative estimate of drug-likeness (QED) is 0.610. The Kier molecular flexibility index (Phi) is 5.65. The third-order valence-electron chi connectivity index (χ3n) is 3.71. The largest absolute Gasteiger partial charge is 0.463 e. The molecule has 0 atom stereocenters. The third-order valence-corrected chi connectivity index (χ3v) is 5.07. The number of hydrogen-bond acceptors (Lipinski definition) is 5. The summed E-state index contributed by atoms with van der Waals surface area (Å²) in [6.45, 7) is 0.537. The Balaban J connectivity index is 1.55. The number of hydrogen-bond donors (Lipinski definition) is 1. The van der Waals surface area contributed by atoms with E-state index >= 15 is 0 Å². The van der Waals surface area contributed by atoms with Crippen LogP contribution in [0.15, 0.2) is 70.1 Å². The van der Waals surface area contributed by atoms with E-state index in [9.17, 15) is 13.2 Å². The third kappa shape index (κ3) is 4.90. The molecule has 2 heterocycles. The standard InChI is InChI=1S/C18H19N3O4S/c22-18-10-9-16(17-8-4-13-25-17)20-21(18)12-5-11-19-26(23,24)14-15-6-2-1-3-7-15/h1-4,6-10,13,19H,5,11-12,14H2. The minimum absolute atomic E-state index is 0.0694. The van der Waals surface area contributed by atoms with E-state index in [0.717, 1.165) is 5.56 Å². The lowest BCUT2D eigenvalue weighted by atomic mass is 10.2. The first-order valence-corrected chi connectivity index (χ1v) is 9.82. The van der Waals surface area contributed by atoms with Crippen LogP contribution in [0.25, 0.3) is 11.5 Å². The molecule has 3 rings (SSSR count). The molecule has 0 unspecified atom stereocenters. The van der Waals surface area contributed by atoms with Gasteiger partial charge >= 0.3 is 0 Å². The van der Waals surface area contributed by atoms with Crippen molar-refractivity contribution < 1.29 is 12.8 Å². The average molecular weight is 373 g/mol. The molecule has 0 radical (unpaired) electrons. The summed E-state index contributed by atoms with van der Waals surface area (Å²) in [5.74, 6) is 0.502. The van der Waals surface area contributed by atoms with Gasteiger partial charge < -0.3 is 4.42 Å². The zero-order valence-corrected chi connectivity index (χ0v) is 14.9. The van der Waals surface area contributed by atoms with Crippen LogP contribution < -0.4 is 10.3 Å². The summed E-state index contributed by atoms with van der Waals surface area (Å²) >= 11 is 0. The summed E-state index contributed by atoms with van der Waals surface area (Å²) in [6.07, 6.45) is 1.98. The predicted octanol–water partition coefficient (Wildman–Crippen LogP) is 2.01. The molecule has 8 heteroatoms. The maximum Gasteiger partial charge on any atom is 0.266 e. The lowest BCUT2D eigenvalue weighted by molar-refractivity contribution is 0.529. The van der Waals surface area contributed by atoms with Crippen LogP contribution in [0.1, 0.15) is 12.0 Å². The van der Waals surface area contributed by atoms with Crippen LogP contribution in [0.5, 0.6) is 0 Å². The van der Waals surface area contributed by atoms with Crippen molar-refractivity contribution in [2.75, 3.05) is 6.54 Å². The summed E-state index contributed by atoms with van der Waals surface area (Å²) in [5, 5.41) is 4.25. The number of furan rings is 1. The first-order chi connectivity index (χ1) is 12.5. The Morgan fingerprint density at radius 2 is 1.85 bits per heavy atom. The fraction of sp³-hybridized carbons (Fsp3) is 0.222. The molecule has 0 saturated heterocycles.